The summed E-state index contributed by atoms with van der Waals surface area (Å²) in [5.41, 5.74) is 0. The van der Waals surface area contributed by atoms with E-state index in [0.717, 1.165) is 28.9 Å². The summed E-state index contributed by atoms with van der Waals surface area (Å²) in [5, 5.41) is 2.62. The molecule has 16 heavy (non-hydrogen) atoms. The molecule has 1 aliphatic rings. The quantitative estimate of drug-likeness (QED) is 0.790. The second-order valence-corrected chi connectivity index (χ2v) is 9.85. The van der Waals surface area contributed by atoms with Crippen molar-refractivity contribution in [2.45, 2.75) is 13.8 Å². The van der Waals surface area contributed by atoms with Crippen LogP contribution in [0.1, 0.15) is 13.8 Å². The van der Waals surface area contributed by atoms with E-state index in [1.165, 1.54) is 5.41 Å². The van der Waals surface area contributed by atoms with Crippen molar-refractivity contribution < 1.29 is 16.8 Å². The van der Waals surface area contributed by atoms with Gasteiger partial charge >= 0.3 is 0 Å². The Hall–Kier alpha value is 0.0800. The fourth-order valence-electron chi connectivity index (χ4n) is 0.814. The summed E-state index contributed by atoms with van der Waals surface area (Å²) in [6.45, 7) is 3.11. The molecule has 0 aromatic heterocycles. The Morgan fingerprint density at radius 2 is 1.81 bits per heavy atom. The second-order valence-electron chi connectivity index (χ2n) is 2.95. The van der Waals surface area contributed by atoms with Crippen LogP contribution in [0.15, 0.2) is 19.3 Å². The lowest BCUT2D eigenvalue weighted by Gasteiger charge is -2.00. The summed E-state index contributed by atoms with van der Waals surface area (Å²) < 4.78 is 46.3. The number of thioether (sulfide) groups is 2. The third-order valence-corrected chi connectivity index (χ3v) is 8.22. The number of hydrogen-bond acceptors (Lipinski definition) is 6. The van der Waals surface area contributed by atoms with Crippen LogP contribution < -0.4 is 0 Å². The lowest BCUT2D eigenvalue weighted by molar-refractivity contribution is 0.603. The monoisotopic (exact) mass is 300 g/mol. The van der Waals surface area contributed by atoms with Crippen molar-refractivity contribution in [1.82, 2.24) is 0 Å². The van der Waals surface area contributed by atoms with Gasteiger partial charge < -0.3 is 0 Å². The van der Waals surface area contributed by atoms with Gasteiger partial charge in [0.2, 0.25) is 0 Å². The standard InChI is InChI=1S/C8H12O4S4/c1-3-15(9,10)6-7-13-5-8(14-7)16(11,12)4-2/h5-6H,3-4H2,1-2H3/b7-6+. The molecule has 0 spiro atoms. The molecule has 0 saturated heterocycles. The summed E-state index contributed by atoms with van der Waals surface area (Å²) >= 11 is 2.14. The largest absolute Gasteiger partial charge is 0.224 e. The number of rotatable bonds is 4. The van der Waals surface area contributed by atoms with Crippen LogP contribution in [0, 0.1) is 0 Å². The van der Waals surface area contributed by atoms with E-state index in [0.29, 0.717) is 4.24 Å². The van der Waals surface area contributed by atoms with Crippen LogP contribution in [-0.4, -0.2) is 28.3 Å². The molecule has 0 aromatic rings. The minimum Gasteiger partial charge on any atom is -0.224 e. The normalized spacial score (nSPS) is 20.1. The van der Waals surface area contributed by atoms with Crippen molar-refractivity contribution in [3.63, 3.8) is 0 Å². The van der Waals surface area contributed by atoms with Crippen molar-refractivity contribution in [2.24, 2.45) is 0 Å². The zero-order valence-corrected chi connectivity index (χ0v) is 12.1. The Balaban J connectivity index is 2.88. The SMILES string of the molecule is CCS(=O)(=O)/C=C1\SC=C(S(=O)(=O)CC)S1. The molecule has 0 bridgehead atoms. The van der Waals surface area contributed by atoms with Crippen molar-refractivity contribution in [3.05, 3.63) is 19.3 Å². The maximum Gasteiger partial charge on any atom is 0.184 e. The summed E-state index contributed by atoms with van der Waals surface area (Å²) in [6.07, 6.45) is 0. The van der Waals surface area contributed by atoms with Crippen LogP contribution in [0.5, 0.6) is 0 Å². The molecule has 92 valence electrons. The van der Waals surface area contributed by atoms with Crippen LogP contribution >= 0.6 is 23.5 Å². The molecule has 0 amide bonds. The van der Waals surface area contributed by atoms with Crippen LogP contribution in [-0.2, 0) is 19.7 Å². The van der Waals surface area contributed by atoms with Crippen molar-refractivity contribution >= 4 is 43.2 Å². The summed E-state index contributed by atoms with van der Waals surface area (Å²) in [7, 11) is -6.44. The van der Waals surface area contributed by atoms with E-state index in [2.05, 4.69) is 0 Å². The second kappa shape index (κ2) is 5.16. The first-order valence-electron chi connectivity index (χ1n) is 4.52. The molecule has 0 aromatic carbocycles. The maximum atomic E-state index is 11.5. The van der Waals surface area contributed by atoms with Gasteiger partial charge in [-0.25, -0.2) is 16.8 Å². The molecule has 0 aliphatic carbocycles. The fraction of sp³-hybridized carbons (Fsp3) is 0.500. The van der Waals surface area contributed by atoms with E-state index < -0.39 is 19.7 Å². The smallest absolute Gasteiger partial charge is 0.184 e. The van der Waals surface area contributed by atoms with Crippen LogP contribution in [0.3, 0.4) is 0 Å². The molecule has 1 aliphatic heterocycles. The van der Waals surface area contributed by atoms with Crippen molar-refractivity contribution in [3.8, 4) is 0 Å². The van der Waals surface area contributed by atoms with Gasteiger partial charge in [-0.3, -0.25) is 0 Å². The van der Waals surface area contributed by atoms with Gasteiger partial charge in [-0.2, -0.15) is 0 Å². The van der Waals surface area contributed by atoms with E-state index in [1.807, 2.05) is 0 Å². The summed E-state index contributed by atoms with van der Waals surface area (Å²) in [5.74, 6) is 0.0493. The first-order valence-corrected chi connectivity index (χ1v) is 9.59. The number of hydrogen-bond donors (Lipinski definition) is 0. The van der Waals surface area contributed by atoms with E-state index >= 15 is 0 Å². The third-order valence-electron chi connectivity index (χ3n) is 1.84. The van der Waals surface area contributed by atoms with Crippen LogP contribution in [0.2, 0.25) is 0 Å². The molecule has 0 N–H and O–H groups in total. The molecule has 0 atom stereocenters. The highest BCUT2D eigenvalue weighted by Gasteiger charge is 2.24. The van der Waals surface area contributed by atoms with Gasteiger partial charge in [0.05, 0.1) is 21.2 Å². The van der Waals surface area contributed by atoms with E-state index in [-0.39, 0.29) is 15.7 Å². The molecule has 0 fully saturated rings. The molecule has 0 radical (unpaired) electrons. The zero-order valence-electron chi connectivity index (χ0n) is 8.83. The Kier molecular flexibility index (Phi) is 4.56. The van der Waals surface area contributed by atoms with Gasteiger partial charge in [-0.1, -0.05) is 37.4 Å². The minimum absolute atomic E-state index is 0.0213. The van der Waals surface area contributed by atoms with Crippen molar-refractivity contribution in [2.75, 3.05) is 11.5 Å². The topological polar surface area (TPSA) is 68.3 Å². The molecular formula is C8H12O4S4. The highest BCUT2D eigenvalue weighted by Crippen LogP contribution is 2.46. The maximum absolute atomic E-state index is 11.5. The molecule has 1 heterocycles. The number of sulfone groups is 2. The Morgan fingerprint density at radius 3 is 2.31 bits per heavy atom. The van der Waals surface area contributed by atoms with Crippen LogP contribution in [0.25, 0.3) is 0 Å². The van der Waals surface area contributed by atoms with Gasteiger partial charge in [-0.05, 0) is 0 Å². The van der Waals surface area contributed by atoms with Crippen molar-refractivity contribution in [1.29, 1.82) is 0 Å². The van der Waals surface area contributed by atoms with E-state index in [4.69, 9.17) is 0 Å². The van der Waals surface area contributed by atoms with Gasteiger partial charge in [-0.15, -0.1) is 0 Å². The first kappa shape index (κ1) is 14.1. The van der Waals surface area contributed by atoms with E-state index in [1.54, 1.807) is 13.8 Å². The molecule has 0 unspecified atom stereocenters. The molecular weight excluding hydrogens is 288 g/mol. The average Bonchev–Trinajstić information content (AvgIpc) is 2.66. The first-order chi connectivity index (χ1) is 7.30. The van der Waals surface area contributed by atoms with Gasteiger partial charge in [0.1, 0.15) is 4.24 Å². The van der Waals surface area contributed by atoms with Gasteiger partial charge in [0.15, 0.2) is 19.7 Å². The van der Waals surface area contributed by atoms with E-state index in [9.17, 15) is 16.8 Å². The Labute approximate surface area is 104 Å². The predicted octanol–water partition coefficient (Wildman–Crippen LogP) is 1.93. The van der Waals surface area contributed by atoms with Gasteiger partial charge in [0.25, 0.3) is 0 Å². The fourth-order valence-corrected chi connectivity index (χ4v) is 6.23. The zero-order chi connectivity index (χ0) is 12.4. The Bertz CT molecular complexity index is 524. The highest BCUT2D eigenvalue weighted by atomic mass is 32.3. The summed E-state index contributed by atoms with van der Waals surface area (Å²) in [6, 6.07) is 0. The molecule has 4 nitrogen and oxygen atoms in total. The molecule has 8 heteroatoms. The summed E-state index contributed by atoms with van der Waals surface area (Å²) in [4.78, 5) is 0. The molecule has 1 rings (SSSR count). The molecule has 0 saturated carbocycles. The lowest BCUT2D eigenvalue weighted by Crippen LogP contribution is -2.02. The van der Waals surface area contributed by atoms with Crippen LogP contribution in [0.4, 0.5) is 0 Å². The lowest BCUT2D eigenvalue weighted by atomic mass is 11.0. The predicted molar refractivity (Wildman–Crippen MR) is 70.3 cm³/mol. The Morgan fingerprint density at radius 1 is 1.19 bits per heavy atom. The highest BCUT2D eigenvalue weighted by molar-refractivity contribution is 8.34. The third kappa shape index (κ3) is 3.54. The average molecular weight is 300 g/mol. The van der Waals surface area contributed by atoms with Gasteiger partial charge in [0, 0.05) is 5.41 Å². The minimum atomic E-state index is -3.23.